The minimum atomic E-state index is -0.657. The van der Waals surface area contributed by atoms with E-state index in [2.05, 4.69) is 5.32 Å². The Bertz CT molecular complexity index is 837. The average Bonchev–Trinajstić information content (AvgIpc) is 2.65. The van der Waals surface area contributed by atoms with Crippen LogP contribution in [0.4, 0.5) is 0 Å². The van der Waals surface area contributed by atoms with Crippen LogP contribution in [0.3, 0.4) is 0 Å². The molecule has 0 fully saturated rings. The highest BCUT2D eigenvalue weighted by atomic mass is 35.5. The fourth-order valence-corrected chi connectivity index (χ4v) is 2.76. The summed E-state index contributed by atoms with van der Waals surface area (Å²) in [6.07, 6.45) is 0. The van der Waals surface area contributed by atoms with Crippen molar-refractivity contribution in [3.8, 4) is 11.5 Å². The maximum Gasteiger partial charge on any atom is 0.338 e. The van der Waals surface area contributed by atoms with Crippen LogP contribution < -0.4 is 14.8 Å². The lowest BCUT2D eigenvalue weighted by molar-refractivity contribution is -0.124. The van der Waals surface area contributed by atoms with Gasteiger partial charge >= 0.3 is 5.97 Å². The molecule has 7 heteroatoms. The number of rotatable bonds is 5. The molecular formula is C19H18ClNO5. The van der Waals surface area contributed by atoms with Crippen LogP contribution in [0.15, 0.2) is 36.4 Å². The molecule has 136 valence electrons. The normalized spacial score (nSPS) is 12.4. The van der Waals surface area contributed by atoms with Gasteiger partial charge in [-0.3, -0.25) is 4.79 Å². The summed E-state index contributed by atoms with van der Waals surface area (Å²) in [4.78, 5) is 24.1. The first-order valence-corrected chi connectivity index (χ1v) is 8.50. The summed E-state index contributed by atoms with van der Waals surface area (Å²) in [5, 5.41) is 2.98. The van der Waals surface area contributed by atoms with Gasteiger partial charge in [-0.15, -0.1) is 0 Å². The summed E-state index contributed by atoms with van der Waals surface area (Å²) in [5.74, 6) is -0.245. The lowest BCUT2D eigenvalue weighted by Crippen LogP contribution is -2.28. The van der Waals surface area contributed by atoms with Gasteiger partial charge in [-0.2, -0.15) is 0 Å². The Labute approximate surface area is 156 Å². The van der Waals surface area contributed by atoms with Crippen LogP contribution >= 0.6 is 11.6 Å². The number of aryl methyl sites for hydroxylation is 1. The molecule has 1 heterocycles. The zero-order valence-corrected chi connectivity index (χ0v) is 15.0. The third-order valence-corrected chi connectivity index (χ3v) is 4.18. The number of benzene rings is 2. The van der Waals surface area contributed by atoms with Gasteiger partial charge in [0.05, 0.1) is 10.6 Å². The number of hydrogen-bond acceptors (Lipinski definition) is 5. The van der Waals surface area contributed by atoms with Crippen LogP contribution in [0.1, 0.15) is 21.5 Å². The number of halogens is 1. The Kier molecular flexibility index (Phi) is 5.63. The van der Waals surface area contributed by atoms with E-state index < -0.39 is 5.97 Å². The molecule has 1 N–H and O–H groups in total. The van der Waals surface area contributed by atoms with Crippen LogP contribution in [-0.2, 0) is 16.1 Å². The number of fused-ring (bicyclic) bond motifs is 1. The van der Waals surface area contributed by atoms with E-state index in [-0.39, 0.29) is 23.1 Å². The number of hydrogen-bond donors (Lipinski definition) is 1. The van der Waals surface area contributed by atoms with Crippen molar-refractivity contribution in [1.82, 2.24) is 5.32 Å². The van der Waals surface area contributed by atoms with Gasteiger partial charge in [0.2, 0.25) is 0 Å². The molecule has 0 unspecified atom stereocenters. The minimum Gasteiger partial charge on any atom is -0.486 e. The predicted octanol–water partition coefficient (Wildman–Crippen LogP) is 2.89. The SMILES string of the molecule is Cc1ccccc1CNC(=O)COC(=O)c1cc(Cl)c2c(c1)OCCO2. The monoisotopic (exact) mass is 375 g/mol. The van der Waals surface area contributed by atoms with E-state index in [9.17, 15) is 9.59 Å². The van der Waals surface area contributed by atoms with Gasteiger partial charge in [0.25, 0.3) is 5.91 Å². The van der Waals surface area contributed by atoms with E-state index in [4.69, 9.17) is 25.8 Å². The van der Waals surface area contributed by atoms with Crippen molar-refractivity contribution in [2.75, 3.05) is 19.8 Å². The number of nitrogens with one attached hydrogen (secondary N) is 1. The first-order chi connectivity index (χ1) is 12.5. The van der Waals surface area contributed by atoms with Gasteiger partial charge in [0.1, 0.15) is 13.2 Å². The van der Waals surface area contributed by atoms with E-state index in [1.165, 1.54) is 12.1 Å². The van der Waals surface area contributed by atoms with Crippen LogP contribution in [0.25, 0.3) is 0 Å². The van der Waals surface area contributed by atoms with Gasteiger partial charge in [0.15, 0.2) is 18.1 Å². The predicted molar refractivity (Wildman–Crippen MR) is 95.8 cm³/mol. The topological polar surface area (TPSA) is 73.9 Å². The fourth-order valence-electron chi connectivity index (χ4n) is 2.50. The second-order valence-electron chi connectivity index (χ2n) is 5.76. The zero-order valence-electron chi connectivity index (χ0n) is 14.2. The Balaban J connectivity index is 1.54. The van der Waals surface area contributed by atoms with E-state index in [1.807, 2.05) is 31.2 Å². The molecule has 0 saturated heterocycles. The smallest absolute Gasteiger partial charge is 0.338 e. The highest BCUT2D eigenvalue weighted by molar-refractivity contribution is 6.32. The van der Waals surface area contributed by atoms with Gasteiger partial charge in [-0.05, 0) is 30.2 Å². The molecule has 1 aliphatic rings. The Morgan fingerprint density at radius 3 is 2.77 bits per heavy atom. The number of amides is 1. The third-order valence-electron chi connectivity index (χ3n) is 3.90. The van der Waals surface area contributed by atoms with Crippen molar-refractivity contribution < 1.29 is 23.8 Å². The molecule has 0 atom stereocenters. The van der Waals surface area contributed by atoms with E-state index in [1.54, 1.807) is 0 Å². The lowest BCUT2D eigenvalue weighted by Gasteiger charge is -2.19. The summed E-state index contributed by atoms with van der Waals surface area (Å²) in [5.41, 5.74) is 2.28. The molecule has 0 radical (unpaired) electrons. The maximum absolute atomic E-state index is 12.2. The van der Waals surface area contributed by atoms with Crippen molar-refractivity contribution in [1.29, 1.82) is 0 Å². The average molecular weight is 376 g/mol. The molecule has 6 nitrogen and oxygen atoms in total. The molecule has 2 aromatic carbocycles. The quantitative estimate of drug-likeness (QED) is 0.813. The summed E-state index contributed by atoms with van der Waals surface area (Å²) in [6.45, 7) is 2.74. The first kappa shape index (κ1) is 18.1. The Morgan fingerprint density at radius 2 is 1.96 bits per heavy atom. The maximum atomic E-state index is 12.2. The fraction of sp³-hybridized carbons (Fsp3) is 0.263. The molecule has 3 rings (SSSR count). The summed E-state index contributed by atoms with van der Waals surface area (Å²) in [6, 6.07) is 10.7. The van der Waals surface area contributed by atoms with Crippen LogP contribution in [-0.4, -0.2) is 31.7 Å². The summed E-state index contributed by atoms with van der Waals surface area (Å²) in [7, 11) is 0. The van der Waals surface area contributed by atoms with E-state index in [0.717, 1.165) is 11.1 Å². The molecule has 0 aliphatic carbocycles. The van der Waals surface area contributed by atoms with Gasteiger partial charge in [0, 0.05) is 6.54 Å². The largest absolute Gasteiger partial charge is 0.486 e. The molecule has 26 heavy (non-hydrogen) atoms. The van der Waals surface area contributed by atoms with Crippen molar-refractivity contribution >= 4 is 23.5 Å². The molecule has 0 spiro atoms. The van der Waals surface area contributed by atoms with Crippen LogP contribution in [0, 0.1) is 6.92 Å². The summed E-state index contributed by atoms with van der Waals surface area (Å²) < 4.78 is 15.9. The van der Waals surface area contributed by atoms with Gasteiger partial charge in [-0.1, -0.05) is 35.9 Å². The van der Waals surface area contributed by atoms with E-state index >= 15 is 0 Å². The van der Waals surface area contributed by atoms with E-state index in [0.29, 0.717) is 31.3 Å². The van der Waals surface area contributed by atoms with Crippen molar-refractivity contribution in [2.24, 2.45) is 0 Å². The van der Waals surface area contributed by atoms with Crippen LogP contribution in [0.2, 0.25) is 5.02 Å². The highest BCUT2D eigenvalue weighted by Gasteiger charge is 2.20. The molecule has 0 saturated carbocycles. The van der Waals surface area contributed by atoms with Crippen LogP contribution in [0.5, 0.6) is 11.5 Å². The Morgan fingerprint density at radius 1 is 1.19 bits per heavy atom. The molecule has 2 aromatic rings. The number of ether oxygens (including phenoxy) is 3. The standard InChI is InChI=1S/C19H18ClNO5/c1-12-4-2-3-5-13(12)10-21-17(22)11-26-19(23)14-8-15(20)18-16(9-14)24-6-7-25-18/h2-5,8-9H,6-7,10-11H2,1H3,(H,21,22). The second kappa shape index (κ2) is 8.10. The van der Waals surface area contributed by atoms with Crippen molar-refractivity contribution in [2.45, 2.75) is 13.5 Å². The second-order valence-corrected chi connectivity index (χ2v) is 6.17. The molecule has 0 aromatic heterocycles. The van der Waals surface area contributed by atoms with Crippen molar-refractivity contribution in [3.05, 3.63) is 58.1 Å². The summed E-state index contributed by atoms with van der Waals surface area (Å²) >= 11 is 6.09. The molecule has 1 amide bonds. The zero-order chi connectivity index (χ0) is 18.5. The molecule has 0 bridgehead atoms. The third kappa shape index (κ3) is 4.26. The molecule has 1 aliphatic heterocycles. The van der Waals surface area contributed by atoms with Gasteiger partial charge < -0.3 is 19.5 Å². The van der Waals surface area contributed by atoms with Gasteiger partial charge in [-0.25, -0.2) is 4.79 Å². The Hall–Kier alpha value is -2.73. The van der Waals surface area contributed by atoms with Crippen molar-refractivity contribution in [3.63, 3.8) is 0 Å². The first-order valence-electron chi connectivity index (χ1n) is 8.12. The molecular weight excluding hydrogens is 358 g/mol. The number of carbonyl (C=O) groups excluding carboxylic acids is 2. The highest BCUT2D eigenvalue weighted by Crippen LogP contribution is 2.38. The number of esters is 1. The number of carbonyl (C=O) groups is 2. The lowest BCUT2D eigenvalue weighted by atomic mass is 10.1. The minimum absolute atomic E-state index is 0.200.